The molecule has 1 unspecified atom stereocenters. The van der Waals surface area contributed by atoms with Crippen molar-refractivity contribution in [3.63, 3.8) is 0 Å². The standard InChI is InChI=1S/C18H29NO/c1-19-14-17(16-9-5-3-4-6-10-16)12-15-8-7-11-18(13-15)20-2/h7-8,11,13,16-17,19H,3-6,9-10,12,14H2,1-2H3. The van der Waals surface area contributed by atoms with Crippen LogP contribution in [0.25, 0.3) is 0 Å². The van der Waals surface area contributed by atoms with E-state index in [1.807, 2.05) is 6.07 Å². The van der Waals surface area contributed by atoms with Gasteiger partial charge in [-0.1, -0.05) is 50.7 Å². The van der Waals surface area contributed by atoms with Gasteiger partial charge in [0.2, 0.25) is 0 Å². The lowest BCUT2D eigenvalue weighted by atomic mass is 9.82. The molecule has 2 heteroatoms. The SMILES string of the molecule is CNCC(Cc1cccc(OC)c1)C1CCCCCC1. The van der Waals surface area contributed by atoms with Crippen molar-refractivity contribution in [2.24, 2.45) is 11.8 Å². The zero-order chi connectivity index (χ0) is 14.2. The lowest BCUT2D eigenvalue weighted by Crippen LogP contribution is -2.27. The molecule has 1 aliphatic carbocycles. The molecule has 1 atom stereocenters. The number of ether oxygens (including phenoxy) is 1. The molecule has 0 bridgehead atoms. The van der Waals surface area contributed by atoms with E-state index in [1.165, 1.54) is 50.5 Å². The molecule has 0 saturated heterocycles. The highest BCUT2D eigenvalue weighted by Gasteiger charge is 2.22. The van der Waals surface area contributed by atoms with Crippen LogP contribution >= 0.6 is 0 Å². The lowest BCUT2D eigenvalue weighted by Gasteiger charge is -2.26. The molecule has 0 heterocycles. The fourth-order valence-corrected chi connectivity index (χ4v) is 3.55. The first-order chi connectivity index (χ1) is 9.83. The molecule has 1 aromatic rings. The quantitative estimate of drug-likeness (QED) is 0.791. The fourth-order valence-electron chi connectivity index (χ4n) is 3.55. The van der Waals surface area contributed by atoms with Crippen molar-refractivity contribution < 1.29 is 4.74 Å². The normalized spacial score (nSPS) is 18.5. The van der Waals surface area contributed by atoms with Crippen LogP contribution in [0.5, 0.6) is 5.75 Å². The summed E-state index contributed by atoms with van der Waals surface area (Å²) in [6.45, 7) is 1.13. The summed E-state index contributed by atoms with van der Waals surface area (Å²) in [4.78, 5) is 0. The van der Waals surface area contributed by atoms with Crippen molar-refractivity contribution in [2.75, 3.05) is 20.7 Å². The first kappa shape index (κ1) is 15.4. The lowest BCUT2D eigenvalue weighted by molar-refractivity contribution is 0.289. The number of hydrogen-bond donors (Lipinski definition) is 1. The Hall–Kier alpha value is -1.02. The summed E-state index contributed by atoms with van der Waals surface area (Å²) in [5.74, 6) is 2.62. The average molecular weight is 275 g/mol. The van der Waals surface area contributed by atoms with Gasteiger partial charge in [0.05, 0.1) is 7.11 Å². The first-order valence-corrected chi connectivity index (χ1v) is 8.11. The molecule has 0 amide bonds. The number of hydrogen-bond acceptors (Lipinski definition) is 2. The number of benzene rings is 1. The van der Waals surface area contributed by atoms with Gasteiger partial charge in [0.15, 0.2) is 0 Å². The second-order valence-electron chi connectivity index (χ2n) is 6.13. The highest BCUT2D eigenvalue weighted by Crippen LogP contribution is 2.31. The van der Waals surface area contributed by atoms with Gasteiger partial charge in [0.25, 0.3) is 0 Å². The van der Waals surface area contributed by atoms with E-state index in [0.717, 1.165) is 24.1 Å². The average Bonchev–Trinajstić information content (AvgIpc) is 2.76. The van der Waals surface area contributed by atoms with Crippen LogP contribution in [0, 0.1) is 11.8 Å². The third-order valence-corrected chi connectivity index (χ3v) is 4.66. The summed E-state index contributed by atoms with van der Waals surface area (Å²) in [7, 11) is 3.82. The predicted molar refractivity (Wildman–Crippen MR) is 85.3 cm³/mol. The van der Waals surface area contributed by atoms with Crippen LogP contribution in [0.4, 0.5) is 0 Å². The van der Waals surface area contributed by atoms with Crippen LogP contribution in [-0.4, -0.2) is 20.7 Å². The van der Waals surface area contributed by atoms with Gasteiger partial charge in [0, 0.05) is 0 Å². The Balaban J connectivity index is 2.03. The van der Waals surface area contributed by atoms with Crippen molar-refractivity contribution in [1.29, 1.82) is 0 Å². The van der Waals surface area contributed by atoms with Gasteiger partial charge in [0.1, 0.15) is 5.75 Å². The number of nitrogens with one attached hydrogen (secondary N) is 1. The predicted octanol–water partition coefficient (Wildman–Crippen LogP) is 4.04. The molecule has 2 nitrogen and oxygen atoms in total. The smallest absolute Gasteiger partial charge is 0.119 e. The molecular weight excluding hydrogens is 246 g/mol. The van der Waals surface area contributed by atoms with E-state index in [1.54, 1.807) is 7.11 Å². The van der Waals surface area contributed by atoms with Crippen LogP contribution in [0.15, 0.2) is 24.3 Å². The topological polar surface area (TPSA) is 21.3 Å². The fraction of sp³-hybridized carbons (Fsp3) is 0.667. The monoisotopic (exact) mass is 275 g/mol. The Kier molecular flexibility index (Phi) is 6.38. The maximum absolute atomic E-state index is 5.35. The van der Waals surface area contributed by atoms with Crippen LogP contribution < -0.4 is 10.1 Å². The minimum Gasteiger partial charge on any atom is -0.497 e. The molecule has 0 radical (unpaired) electrons. The van der Waals surface area contributed by atoms with Crippen molar-refractivity contribution in [1.82, 2.24) is 5.32 Å². The van der Waals surface area contributed by atoms with Crippen molar-refractivity contribution >= 4 is 0 Å². The van der Waals surface area contributed by atoms with E-state index in [0.29, 0.717) is 0 Å². The Morgan fingerprint density at radius 2 is 1.95 bits per heavy atom. The third kappa shape index (κ3) is 4.52. The van der Waals surface area contributed by atoms with Crippen LogP contribution in [0.2, 0.25) is 0 Å². The third-order valence-electron chi connectivity index (χ3n) is 4.66. The summed E-state index contributed by atoms with van der Waals surface area (Å²) in [6, 6.07) is 8.57. The van der Waals surface area contributed by atoms with E-state index in [2.05, 4.69) is 30.6 Å². The van der Waals surface area contributed by atoms with Crippen LogP contribution in [0.3, 0.4) is 0 Å². The molecule has 112 valence electrons. The number of methoxy groups -OCH3 is 1. The number of rotatable bonds is 6. The Bertz CT molecular complexity index is 383. The Labute approximate surface area is 123 Å². The molecule has 1 saturated carbocycles. The summed E-state index contributed by atoms with van der Waals surface area (Å²) >= 11 is 0. The highest BCUT2D eigenvalue weighted by atomic mass is 16.5. The summed E-state index contributed by atoms with van der Waals surface area (Å²) in [6.07, 6.45) is 9.70. The molecule has 1 aromatic carbocycles. The molecule has 20 heavy (non-hydrogen) atoms. The molecule has 2 rings (SSSR count). The molecular formula is C18H29NO. The maximum Gasteiger partial charge on any atom is 0.119 e. The van der Waals surface area contributed by atoms with E-state index >= 15 is 0 Å². The summed E-state index contributed by atoms with van der Waals surface area (Å²) < 4.78 is 5.35. The minimum atomic E-state index is 0.755. The van der Waals surface area contributed by atoms with Gasteiger partial charge < -0.3 is 10.1 Å². The second-order valence-corrected chi connectivity index (χ2v) is 6.13. The van der Waals surface area contributed by atoms with E-state index in [-0.39, 0.29) is 0 Å². The Morgan fingerprint density at radius 3 is 2.60 bits per heavy atom. The van der Waals surface area contributed by atoms with E-state index < -0.39 is 0 Å². The van der Waals surface area contributed by atoms with Crippen molar-refractivity contribution in [3.8, 4) is 5.75 Å². The molecule has 0 aromatic heterocycles. The van der Waals surface area contributed by atoms with Gasteiger partial charge in [-0.25, -0.2) is 0 Å². The molecule has 1 aliphatic rings. The second kappa shape index (κ2) is 8.31. The highest BCUT2D eigenvalue weighted by molar-refractivity contribution is 5.28. The Morgan fingerprint density at radius 1 is 1.20 bits per heavy atom. The summed E-state index contributed by atoms with van der Waals surface area (Å²) in [5, 5.41) is 3.40. The first-order valence-electron chi connectivity index (χ1n) is 8.11. The molecule has 1 N–H and O–H groups in total. The molecule has 0 aliphatic heterocycles. The van der Waals surface area contributed by atoms with Crippen molar-refractivity contribution in [3.05, 3.63) is 29.8 Å². The zero-order valence-electron chi connectivity index (χ0n) is 13.0. The van der Waals surface area contributed by atoms with E-state index in [4.69, 9.17) is 4.74 Å². The van der Waals surface area contributed by atoms with Gasteiger partial charge in [-0.05, 0) is 49.5 Å². The van der Waals surface area contributed by atoms with Crippen LogP contribution in [0.1, 0.15) is 44.1 Å². The zero-order valence-corrected chi connectivity index (χ0v) is 13.0. The van der Waals surface area contributed by atoms with Gasteiger partial charge in [-0.15, -0.1) is 0 Å². The van der Waals surface area contributed by atoms with Crippen molar-refractivity contribution in [2.45, 2.75) is 44.9 Å². The van der Waals surface area contributed by atoms with E-state index in [9.17, 15) is 0 Å². The van der Waals surface area contributed by atoms with Crippen LogP contribution in [-0.2, 0) is 6.42 Å². The van der Waals surface area contributed by atoms with Gasteiger partial charge >= 0.3 is 0 Å². The van der Waals surface area contributed by atoms with Gasteiger partial charge in [-0.2, -0.15) is 0 Å². The molecule has 0 spiro atoms. The maximum atomic E-state index is 5.35. The molecule has 1 fully saturated rings. The largest absolute Gasteiger partial charge is 0.497 e. The minimum absolute atomic E-state index is 0.755. The summed E-state index contributed by atoms with van der Waals surface area (Å²) in [5.41, 5.74) is 1.41. The van der Waals surface area contributed by atoms with Gasteiger partial charge in [-0.3, -0.25) is 0 Å².